The third-order valence-electron chi connectivity index (χ3n) is 3.69. The van der Waals surface area contributed by atoms with Crippen molar-refractivity contribution in [2.45, 2.75) is 50.0 Å². The molecule has 0 saturated carbocycles. The zero-order valence-corrected chi connectivity index (χ0v) is 13.8. The lowest BCUT2D eigenvalue weighted by molar-refractivity contribution is -0.387. The van der Waals surface area contributed by atoms with Crippen molar-refractivity contribution in [2.24, 2.45) is 0 Å². The molecule has 0 unspecified atom stereocenters. The van der Waals surface area contributed by atoms with Gasteiger partial charge in [-0.15, -0.1) is 0 Å². The van der Waals surface area contributed by atoms with Gasteiger partial charge in [0.05, 0.1) is 4.92 Å². The molecule has 0 spiro atoms. The number of ether oxygens (including phenoxy) is 1. The number of para-hydroxylation sites is 1. The van der Waals surface area contributed by atoms with Gasteiger partial charge in [-0.05, 0) is 18.9 Å². The third-order valence-corrected chi connectivity index (χ3v) is 4.92. The van der Waals surface area contributed by atoms with Crippen LogP contribution in [0.3, 0.4) is 0 Å². The summed E-state index contributed by atoms with van der Waals surface area (Å²) in [6.07, 6.45) is 1.53. The Labute approximate surface area is 138 Å². The fraction of sp³-hybridized carbons (Fsp3) is 0.467. The van der Waals surface area contributed by atoms with Crippen molar-refractivity contribution in [3.05, 3.63) is 34.4 Å². The maximum atomic E-state index is 12.3. The Balaban J connectivity index is 2.41. The Morgan fingerprint density at radius 1 is 1.22 bits per heavy atom. The Morgan fingerprint density at radius 3 is 2.39 bits per heavy atom. The average Bonchev–Trinajstić information content (AvgIpc) is 2.73. The topological polar surface area (TPSA) is 89.8 Å². The summed E-state index contributed by atoms with van der Waals surface area (Å²) in [5.74, 6) is -0.572. The highest BCUT2D eigenvalue weighted by molar-refractivity contribution is 7.97. The minimum absolute atomic E-state index is 0.105. The fourth-order valence-electron chi connectivity index (χ4n) is 2.74. The molecule has 1 aromatic carbocycles. The Hall–Kier alpha value is -2.09. The Bertz CT molecular complexity index is 628. The lowest BCUT2D eigenvalue weighted by Gasteiger charge is -2.31. The minimum atomic E-state index is -1.06. The molecule has 1 fully saturated rings. The molecule has 0 atom stereocenters. The van der Waals surface area contributed by atoms with Crippen LogP contribution >= 0.6 is 11.9 Å². The van der Waals surface area contributed by atoms with Crippen LogP contribution in [0, 0.1) is 10.1 Å². The highest BCUT2D eigenvalue weighted by Gasteiger charge is 2.55. The molecule has 1 heterocycles. The van der Waals surface area contributed by atoms with Crippen LogP contribution in [-0.4, -0.2) is 26.8 Å². The summed E-state index contributed by atoms with van der Waals surface area (Å²) < 4.78 is 6.09. The smallest absolute Gasteiger partial charge is 0.374 e. The van der Waals surface area contributed by atoms with Crippen molar-refractivity contribution in [1.82, 2.24) is 4.31 Å². The van der Waals surface area contributed by atoms with E-state index in [1.165, 1.54) is 10.4 Å². The van der Waals surface area contributed by atoms with Crippen molar-refractivity contribution < 1.29 is 19.2 Å². The van der Waals surface area contributed by atoms with E-state index in [1.807, 2.05) is 13.8 Å². The summed E-state index contributed by atoms with van der Waals surface area (Å²) in [5.41, 5.74) is -1.17. The SMILES string of the molecule is CCCC1(CCC)C(=O)OC(=O)N1Sc1ccccc1[N+](=O)[O-]. The van der Waals surface area contributed by atoms with Gasteiger partial charge in [-0.25, -0.2) is 13.9 Å². The predicted octanol–water partition coefficient (Wildman–Crippen LogP) is 3.92. The number of esters is 1. The number of hydrogen-bond acceptors (Lipinski definition) is 6. The third kappa shape index (κ3) is 3.17. The van der Waals surface area contributed by atoms with Crippen molar-refractivity contribution in [3.8, 4) is 0 Å². The number of carbonyl (C=O) groups is 2. The Morgan fingerprint density at radius 2 is 1.83 bits per heavy atom. The first-order valence-corrected chi connectivity index (χ1v) is 8.21. The lowest BCUT2D eigenvalue weighted by Crippen LogP contribution is -2.45. The molecule has 0 bridgehead atoms. The molecule has 0 radical (unpaired) electrons. The van der Waals surface area contributed by atoms with E-state index >= 15 is 0 Å². The second-order valence-electron chi connectivity index (χ2n) is 5.30. The number of cyclic esters (lactones) is 2. The van der Waals surface area contributed by atoms with Gasteiger partial charge in [0.1, 0.15) is 4.90 Å². The quantitative estimate of drug-likeness (QED) is 0.246. The van der Waals surface area contributed by atoms with Crippen LogP contribution in [0.2, 0.25) is 0 Å². The first kappa shape index (κ1) is 17.3. The first-order chi connectivity index (χ1) is 11.0. The van der Waals surface area contributed by atoms with Crippen LogP contribution in [0.15, 0.2) is 29.2 Å². The van der Waals surface area contributed by atoms with Gasteiger partial charge in [0, 0.05) is 18.0 Å². The van der Waals surface area contributed by atoms with E-state index in [4.69, 9.17) is 4.74 Å². The van der Waals surface area contributed by atoms with Gasteiger partial charge in [0.15, 0.2) is 5.54 Å². The fourth-order valence-corrected chi connectivity index (χ4v) is 3.86. The van der Waals surface area contributed by atoms with Crippen molar-refractivity contribution in [3.63, 3.8) is 0 Å². The maximum absolute atomic E-state index is 12.3. The molecule has 7 nitrogen and oxygen atoms in total. The molecule has 1 amide bonds. The largest absolute Gasteiger partial charge is 0.429 e. The molecule has 2 rings (SSSR count). The number of nitro groups is 1. The van der Waals surface area contributed by atoms with Crippen LogP contribution in [0.25, 0.3) is 0 Å². The zero-order valence-electron chi connectivity index (χ0n) is 13.0. The number of hydrogen-bond donors (Lipinski definition) is 0. The molecular formula is C15H18N2O5S. The van der Waals surface area contributed by atoms with Crippen LogP contribution in [0.4, 0.5) is 10.5 Å². The molecule has 1 aliphatic rings. The highest BCUT2D eigenvalue weighted by Crippen LogP contribution is 2.44. The van der Waals surface area contributed by atoms with E-state index in [1.54, 1.807) is 18.2 Å². The van der Waals surface area contributed by atoms with E-state index in [-0.39, 0.29) is 5.69 Å². The standard InChI is InChI=1S/C15H18N2O5S/c1-3-9-15(10-4-2)13(18)22-14(19)16(15)23-12-8-6-5-7-11(12)17(20)21/h5-8H,3-4,9-10H2,1-2H3. The number of benzene rings is 1. The summed E-state index contributed by atoms with van der Waals surface area (Å²) >= 11 is 0.901. The van der Waals surface area contributed by atoms with Gasteiger partial charge in [0.25, 0.3) is 5.69 Å². The monoisotopic (exact) mass is 338 g/mol. The number of nitro benzene ring substituents is 1. The molecule has 0 N–H and O–H groups in total. The van der Waals surface area contributed by atoms with Gasteiger partial charge in [-0.2, -0.15) is 0 Å². The summed E-state index contributed by atoms with van der Waals surface area (Å²) in [6, 6.07) is 6.13. The van der Waals surface area contributed by atoms with E-state index in [9.17, 15) is 19.7 Å². The van der Waals surface area contributed by atoms with Gasteiger partial charge >= 0.3 is 12.1 Å². The summed E-state index contributed by atoms with van der Waals surface area (Å²) in [5, 5.41) is 11.1. The van der Waals surface area contributed by atoms with Crippen LogP contribution in [0.1, 0.15) is 39.5 Å². The molecule has 8 heteroatoms. The molecular weight excluding hydrogens is 320 g/mol. The van der Waals surface area contributed by atoms with E-state index in [2.05, 4.69) is 0 Å². The minimum Gasteiger partial charge on any atom is -0.374 e. The van der Waals surface area contributed by atoms with Crippen LogP contribution in [0.5, 0.6) is 0 Å². The number of amides is 1. The van der Waals surface area contributed by atoms with Gasteiger partial charge < -0.3 is 4.74 Å². The lowest BCUT2D eigenvalue weighted by atomic mass is 9.89. The summed E-state index contributed by atoms with van der Waals surface area (Å²) in [4.78, 5) is 35.3. The molecule has 1 aromatic rings. The molecule has 0 aromatic heterocycles. The molecule has 1 saturated heterocycles. The average molecular weight is 338 g/mol. The second kappa shape index (κ2) is 6.99. The van der Waals surface area contributed by atoms with Gasteiger partial charge in [-0.1, -0.05) is 38.8 Å². The first-order valence-electron chi connectivity index (χ1n) is 7.44. The van der Waals surface area contributed by atoms with Gasteiger partial charge in [-0.3, -0.25) is 10.1 Å². The number of rotatable bonds is 7. The highest BCUT2D eigenvalue weighted by atomic mass is 32.2. The maximum Gasteiger partial charge on any atom is 0.429 e. The number of nitrogens with zero attached hydrogens (tertiary/aromatic N) is 2. The van der Waals surface area contributed by atoms with E-state index in [0.717, 1.165) is 11.9 Å². The van der Waals surface area contributed by atoms with Crippen molar-refractivity contribution >= 4 is 29.7 Å². The molecule has 23 heavy (non-hydrogen) atoms. The molecule has 124 valence electrons. The summed E-state index contributed by atoms with van der Waals surface area (Å²) in [7, 11) is 0. The predicted molar refractivity (Wildman–Crippen MR) is 84.8 cm³/mol. The van der Waals surface area contributed by atoms with Crippen LogP contribution in [-0.2, 0) is 9.53 Å². The van der Waals surface area contributed by atoms with Gasteiger partial charge in [0.2, 0.25) is 0 Å². The number of carbonyl (C=O) groups excluding carboxylic acids is 2. The second-order valence-corrected chi connectivity index (χ2v) is 6.29. The molecule has 1 aliphatic heterocycles. The Kier molecular flexibility index (Phi) is 5.25. The zero-order chi connectivity index (χ0) is 17.0. The van der Waals surface area contributed by atoms with Crippen molar-refractivity contribution in [1.29, 1.82) is 0 Å². The van der Waals surface area contributed by atoms with Crippen molar-refractivity contribution in [2.75, 3.05) is 0 Å². The summed E-state index contributed by atoms with van der Waals surface area (Å²) in [6.45, 7) is 3.84. The van der Waals surface area contributed by atoms with E-state index in [0.29, 0.717) is 30.6 Å². The normalized spacial score (nSPS) is 16.5. The van der Waals surface area contributed by atoms with E-state index < -0.39 is 22.5 Å². The molecule has 0 aliphatic carbocycles. The van der Waals surface area contributed by atoms with Crippen LogP contribution < -0.4 is 0 Å².